The highest BCUT2D eigenvalue weighted by Gasteiger charge is 2.23. The number of para-hydroxylation sites is 1. The molecule has 4 aromatic carbocycles. The quantitative estimate of drug-likeness (QED) is 0.304. The third-order valence-corrected chi connectivity index (χ3v) is 5.99. The highest BCUT2D eigenvalue weighted by Crippen LogP contribution is 2.28. The van der Waals surface area contributed by atoms with Crippen LogP contribution in [-0.2, 0) is 4.79 Å². The van der Waals surface area contributed by atoms with Crippen molar-refractivity contribution >= 4 is 51.6 Å². The zero-order valence-electron chi connectivity index (χ0n) is 18.4. The van der Waals surface area contributed by atoms with Crippen molar-refractivity contribution in [1.29, 1.82) is 0 Å². The Morgan fingerprint density at radius 3 is 1.89 bits per heavy atom. The van der Waals surface area contributed by atoms with Crippen LogP contribution >= 0.6 is 23.8 Å². The van der Waals surface area contributed by atoms with Gasteiger partial charge in [0.2, 0.25) is 5.91 Å². The van der Waals surface area contributed by atoms with Crippen molar-refractivity contribution in [2.24, 2.45) is 0 Å². The second kappa shape index (κ2) is 10.0. The number of carbonyl (C=O) groups is 1. The van der Waals surface area contributed by atoms with Gasteiger partial charge in [-0.1, -0.05) is 90.5 Å². The number of nitrogens with zero attached hydrogens (tertiary/aromatic N) is 3. The van der Waals surface area contributed by atoms with Crippen LogP contribution in [0.3, 0.4) is 0 Å². The maximum atomic E-state index is 13.3. The fourth-order valence-corrected chi connectivity index (χ4v) is 4.25. The molecule has 0 atom stereocenters. The maximum absolute atomic E-state index is 13.3. The first-order valence-corrected chi connectivity index (χ1v) is 11.7. The fraction of sp³-hybridized carbons (Fsp3) is 0.0370. The molecule has 0 saturated heterocycles. The minimum absolute atomic E-state index is 0.142. The molecule has 1 heterocycles. The summed E-state index contributed by atoms with van der Waals surface area (Å²) in [6.45, 7) is 0. The summed E-state index contributed by atoms with van der Waals surface area (Å²) in [6, 6.07) is 32.3. The van der Waals surface area contributed by atoms with Crippen LogP contribution in [0.25, 0.3) is 16.7 Å². The lowest BCUT2D eigenvalue weighted by atomic mass is 9.90. The number of nitrogens with one attached hydrogen (secondary N) is 2. The monoisotopic (exact) mass is 497 g/mol. The number of hydrogen-bond donors (Lipinski definition) is 2. The molecule has 5 aromatic rings. The highest BCUT2D eigenvalue weighted by molar-refractivity contribution is 7.80. The standard InChI is InChI=1S/C27H20ClN5OS/c28-21-16-23-24(32-33(31-23)20-14-8-3-9-15-20)17-22(21)29-27(35)30-26(34)25(18-10-4-1-5-11-18)19-12-6-2-7-13-19/h1-17,25H,(H2,29,30,34,35). The van der Waals surface area contributed by atoms with Crippen LogP contribution in [0.2, 0.25) is 5.02 Å². The summed E-state index contributed by atoms with van der Waals surface area (Å²) >= 11 is 11.9. The number of halogens is 1. The summed E-state index contributed by atoms with van der Waals surface area (Å²) in [5.74, 6) is -0.756. The van der Waals surface area contributed by atoms with Crippen molar-refractivity contribution in [1.82, 2.24) is 20.3 Å². The molecule has 0 aliphatic carbocycles. The Labute approximate surface area is 212 Å². The predicted molar refractivity (Wildman–Crippen MR) is 143 cm³/mol. The normalized spacial score (nSPS) is 10.9. The predicted octanol–water partition coefficient (Wildman–Crippen LogP) is 5.72. The molecule has 0 unspecified atom stereocenters. The van der Waals surface area contributed by atoms with Gasteiger partial charge in [0.1, 0.15) is 11.0 Å². The Kier molecular flexibility index (Phi) is 6.52. The number of aromatic nitrogens is 3. The number of rotatable bonds is 5. The molecule has 8 heteroatoms. The second-order valence-electron chi connectivity index (χ2n) is 7.84. The summed E-state index contributed by atoms with van der Waals surface area (Å²) in [4.78, 5) is 14.9. The van der Waals surface area contributed by atoms with Gasteiger partial charge in [-0.25, -0.2) is 0 Å². The average Bonchev–Trinajstić information content (AvgIpc) is 3.29. The molecule has 0 spiro atoms. The van der Waals surface area contributed by atoms with Gasteiger partial charge in [-0.2, -0.15) is 4.80 Å². The van der Waals surface area contributed by atoms with E-state index >= 15 is 0 Å². The molecule has 1 amide bonds. The molecular formula is C27H20ClN5OS. The van der Waals surface area contributed by atoms with E-state index in [1.807, 2.05) is 91.0 Å². The van der Waals surface area contributed by atoms with Crippen molar-refractivity contribution in [3.63, 3.8) is 0 Å². The van der Waals surface area contributed by atoms with E-state index in [-0.39, 0.29) is 11.0 Å². The van der Waals surface area contributed by atoms with Crippen LogP contribution in [0.5, 0.6) is 0 Å². The Morgan fingerprint density at radius 1 is 0.800 bits per heavy atom. The van der Waals surface area contributed by atoms with Crippen LogP contribution in [0, 0.1) is 0 Å². The number of thiocarbonyl (C=S) groups is 1. The van der Waals surface area contributed by atoms with E-state index in [2.05, 4.69) is 20.8 Å². The molecule has 172 valence electrons. The van der Waals surface area contributed by atoms with Gasteiger partial charge in [0.25, 0.3) is 0 Å². The number of amides is 1. The van der Waals surface area contributed by atoms with E-state index in [1.165, 1.54) is 0 Å². The smallest absolute Gasteiger partial charge is 0.238 e. The maximum Gasteiger partial charge on any atom is 0.238 e. The van der Waals surface area contributed by atoms with E-state index in [1.54, 1.807) is 16.9 Å². The van der Waals surface area contributed by atoms with Gasteiger partial charge in [-0.3, -0.25) is 4.79 Å². The first-order valence-electron chi connectivity index (χ1n) is 10.9. The average molecular weight is 498 g/mol. The van der Waals surface area contributed by atoms with Crippen LogP contribution in [-0.4, -0.2) is 26.0 Å². The molecule has 0 saturated carbocycles. The fourth-order valence-electron chi connectivity index (χ4n) is 3.83. The van der Waals surface area contributed by atoms with E-state index in [4.69, 9.17) is 23.8 Å². The zero-order chi connectivity index (χ0) is 24.2. The zero-order valence-corrected chi connectivity index (χ0v) is 20.0. The van der Waals surface area contributed by atoms with Gasteiger partial charge in [-0.15, -0.1) is 10.2 Å². The molecule has 0 radical (unpaired) electrons. The summed E-state index contributed by atoms with van der Waals surface area (Å²) in [5, 5.41) is 15.4. The summed E-state index contributed by atoms with van der Waals surface area (Å²) in [6.07, 6.45) is 0. The van der Waals surface area contributed by atoms with Gasteiger partial charge in [0, 0.05) is 0 Å². The van der Waals surface area contributed by atoms with E-state index in [0.29, 0.717) is 21.7 Å². The SMILES string of the molecule is O=C(NC(=S)Nc1cc2nn(-c3ccccc3)nc2cc1Cl)C(c1ccccc1)c1ccccc1. The Bertz CT molecular complexity index is 1450. The van der Waals surface area contributed by atoms with Crippen molar-refractivity contribution < 1.29 is 4.79 Å². The highest BCUT2D eigenvalue weighted by atomic mass is 35.5. The first kappa shape index (κ1) is 22.7. The lowest BCUT2D eigenvalue weighted by Gasteiger charge is -2.19. The van der Waals surface area contributed by atoms with Gasteiger partial charge in [0.15, 0.2) is 5.11 Å². The third-order valence-electron chi connectivity index (χ3n) is 5.47. The van der Waals surface area contributed by atoms with Crippen molar-refractivity contribution in [2.75, 3.05) is 5.32 Å². The van der Waals surface area contributed by atoms with E-state index in [9.17, 15) is 4.79 Å². The number of anilines is 1. The van der Waals surface area contributed by atoms with E-state index in [0.717, 1.165) is 16.8 Å². The number of carbonyl (C=O) groups excluding carboxylic acids is 1. The van der Waals surface area contributed by atoms with Crippen molar-refractivity contribution in [3.8, 4) is 5.69 Å². The lowest BCUT2D eigenvalue weighted by molar-refractivity contribution is -0.120. The van der Waals surface area contributed by atoms with Crippen molar-refractivity contribution in [3.05, 3.63) is 119 Å². The Balaban J connectivity index is 1.36. The van der Waals surface area contributed by atoms with Crippen LogP contribution in [0.1, 0.15) is 17.0 Å². The topological polar surface area (TPSA) is 71.8 Å². The van der Waals surface area contributed by atoms with Gasteiger partial charge in [0.05, 0.1) is 22.3 Å². The molecule has 0 bridgehead atoms. The summed E-state index contributed by atoms with van der Waals surface area (Å²) < 4.78 is 0. The second-order valence-corrected chi connectivity index (χ2v) is 8.66. The van der Waals surface area contributed by atoms with Gasteiger partial charge >= 0.3 is 0 Å². The molecule has 6 nitrogen and oxygen atoms in total. The molecule has 2 N–H and O–H groups in total. The van der Waals surface area contributed by atoms with Crippen LogP contribution < -0.4 is 10.6 Å². The minimum atomic E-state index is -0.513. The molecule has 35 heavy (non-hydrogen) atoms. The number of benzene rings is 4. The molecular weight excluding hydrogens is 478 g/mol. The minimum Gasteiger partial charge on any atom is -0.331 e. The van der Waals surface area contributed by atoms with Gasteiger partial charge < -0.3 is 10.6 Å². The first-order chi connectivity index (χ1) is 17.1. The largest absolute Gasteiger partial charge is 0.331 e. The number of fused-ring (bicyclic) bond motifs is 1. The van der Waals surface area contributed by atoms with Crippen molar-refractivity contribution in [2.45, 2.75) is 5.92 Å². The molecule has 0 aliphatic rings. The lowest BCUT2D eigenvalue weighted by Crippen LogP contribution is -2.38. The molecule has 1 aromatic heterocycles. The molecule has 0 fully saturated rings. The summed E-state index contributed by atoms with van der Waals surface area (Å²) in [7, 11) is 0. The van der Waals surface area contributed by atoms with Crippen LogP contribution in [0.15, 0.2) is 103 Å². The third kappa shape index (κ3) is 5.06. The number of hydrogen-bond acceptors (Lipinski definition) is 4. The Morgan fingerprint density at radius 2 is 1.31 bits per heavy atom. The van der Waals surface area contributed by atoms with E-state index < -0.39 is 5.92 Å². The molecule has 0 aliphatic heterocycles. The summed E-state index contributed by atoms with van der Waals surface area (Å²) in [5.41, 5.74) is 4.39. The van der Waals surface area contributed by atoms with Gasteiger partial charge in [-0.05, 0) is 47.6 Å². The van der Waals surface area contributed by atoms with Crippen LogP contribution in [0.4, 0.5) is 5.69 Å². The molecule has 5 rings (SSSR count). The Hall–Kier alpha value is -4.07.